The van der Waals surface area contributed by atoms with E-state index in [0.717, 1.165) is 0 Å². The van der Waals surface area contributed by atoms with Crippen molar-refractivity contribution >= 4 is 0 Å². The van der Waals surface area contributed by atoms with E-state index in [1.807, 2.05) is 0 Å². The quantitative estimate of drug-likeness (QED) is 0.315. The van der Waals surface area contributed by atoms with Crippen LogP contribution >= 0.6 is 0 Å². The highest BCUT2D eigenvalue weighted by Crippen LogP contribution is -0.286. The van der Waals surface area contributed by atoms with Crippen molar-refractivity contribution < 1.29 is 32.0 Å². The Hall–Kier alpha value is -0.160. The van der Waals surface area contributed by atoms with Crippen molar-refractivity contribution in [1.29, 1.82) is 2.86 Å². The Morgan fingerprint density at radius 3 is 1.75 bits per heavy atom. The van der Waals surface area contributed by atoms with Gasteiger partial charge in [-0.3, -0.25) is 0 Å². The lowest BCUT2D eigenvalue weighted by atomic mass is 16.0. The minimum Gasteiger partial charge on any atom is -0.412 e. The molecule has 0 radical (unpaired) electrons. The second kappa shape index (κ2) is 376. The van der Waals surface area contributed by atoms with Crippen molar-refractivity contribution in [3.63, 3.8) is 0 Å². The molecular formula is H16O4. The number of rotatable bonds is 0. The molecule has 0 bridgehead atoms. The average molecular weight is 88.2 g/mol. The van der Waals surface area contributed by atoms with Crippen LogP contribution in [0.5, 0.6) is 0 Å². The van der Waals surface area contributed by atoms with Gasteiger partial charge in [0.05, 0.1) is 0 Å². The summed E-state index contributed by atoms with van der Waals surface area (Å²) in [4.78, 5) is 0. The maximum Gasteiger partial charge on any atom is 0.206 e. The number of hydrogen-bond donors (Lipinski definition) is 0. The lowest BCUT2D eigenvalue weighted by molar-refractivity contribution is 0.823. The predicted octanol–water partition coefficient (Wildman–Crippen LogP) is -2.31. The highest BCUT2D eigenvalue weighted by molar-refractivity contribution is 0.827. The van der Waals surface area contributed by atoms with Gasteiger partial charge < -0.3 is 21.9 Å². The molecule has 0 atom stereocenters. The first-order valence-electron chi connectivity index (χ1n) is 2.71. The van der Waals surface area contributed by atoms with Crippen LogP contribution in [-0.4, -0.2) is 24.8 Å². The van der Waals surface area contributed by atoms with E-state index < -0.39 is 0 Å². The molecule has 0 amide bonds. The standard InChI is InChI=1S/4H2O.4H2/h4*1H2;4*1H/i;;;;1+1D;2*1+1;/hD4. The maximum atomic E-state index is 6.25. The molecule has 0 aliphatic carbocycles. The Bertz CT molecular complexity index is 11.6. The predicted molar refractivity (Wildman–Crippen MR) is 22.9 cm³/mol. The zero-order chi connectivity index (χ0) is 8.71. The summed E-state index contributed by atoms with van der Waals surface area (Å²) in [7, 11) is 0. The molecule has 0 aliphatic heterocycles. The maximum absolute atomic E-state index is 6.25. The van der Waals surface area contributed by atoms with Crippen molar-refractivity contribution in [1.82, 2.24) is 0 Å². The molecule has 0 heterocycles. The Labute approximate surface area is 36.8 Å². The molecule has 8 N–H and O–H groups in total. The molecule has 0 aromatic heterocycles. The Kier molecular flexibility index (Phi) is 124. The van der Waals surface area contributed by atoms with Crippen LogP contribution in [-0.2, 0) is 0 Å². The van der Waals surface area contributed by atoms with Crippen LogP contribution in [0.3, 0.4) is 0 Å². The van der Waals surface area contributed by atoms with Crippen LogP contribution in [0.2, 0.25) is 0 Å². The van der Waals surface area contributed by atoms with Gasteiger partial charge in [-0.25, -0.2) is 0 Å². The third-order valence-electron chi connectivity index (χ3n) is 0. The van der Waals surface area contributed by atoms with Crippen molar-refractivity contribution in [2.24, 2.45) is 0 Å². The fraction of sp³-hybridized carbons (Fsp3) is 0. The zero-order valence-electron chi connectivity index (χ0n) is 7.80. The van der Waals surface area contributed by atoms with Crippen molar-refractivity contribution in [3.05, 3.63) is 0 Å². The van der Waals surface area contributed by atoms with Gasteiger partial charge >= 0.3 is 0 Å². The summed E-state index contributed by atoms with van der Waals surface area (Å²) in [6, 6.07) is 0. The van der Waals surface area contributed by atoms with Gasteiger partial charge in [0.25, 0.3) is 0 Å². The van der Waals surface area contributed by atoms with Gasteiger partial charge in [-0.15, -0.1) is 0 Å². The molecule has 4 nitrogen and oxygen atoms in total. The summed E-state index contributed by atoms with van der Waals surface area (Å²) in [6.45, 7) is 0. The summed E-state index contributed by atoms with van der Waals surface area (Å²) in [5, 5.41) is 0. The molecule has 4 heteroatoms. The average Bonchev–Trinajstić information content (AvgIpc) is 2.01. The molecule has 0 rings (SSSR count). The smallest absolute Gasteiger partial charge is 0.206 e. The molecule has 0 spiro atoms. The van der Waals surface area contributed by atoms with Crippen molar-refractivity contribution in [2.45, 2.75) is 0 Å². The molecule has 0 saturated carbocycles. The van der Waals surface area contributed by atoms with Gasteiger partial charge in [0.1, 0.15) is 0 Å². The van der Waals surface area contributed by atoms with Crippen LogP contribution in [0.1, 0.15) is 10.1 Å². The molecular weight excluding hydrogens is 64.0 g/mol. The SMILES string of the molecule is O.[2HH].[2HH].[2H]O.[2H]O.[2H]O[2H].[2H][2H].[HH]. The van der Waals surface area contributed by atoms with Crippen LogP contribution in [0.15, 0.2) is 0 Å². The molecule has 4 heavy (non-hydrogen) atoms. The largest absolute Gasteiger partial charge is 0.412 e. The van der Waals surface area contributed by atoms with E-state index >= 15 is 0 Å². The van der Waals surface area contributed by atoms with E-state index in [0.29, 0.717) is 0 Å². The lowest BCUT2D eigenvalue weighted by Gasteiger charge is -0.413. The van der Waals surface area contributed by atoms with Crippen LogP contribution in [0, 0.1) is 0 Å². The van der Waals surface area contributed by atoms with E-state index in [1.165, 1.54) is 0 Å². The van der Waals surface area contributed by atoms with Crippen molar-refractivity contribution in [2.75, 3.05) is 0 Å². The van der Waals surface area contributed by atoms with Crippen molar-refractivity contribution in [3.8, 4) is 0 Å². The second-order valence-corrected chi connectivity index (χ2v) is 0. The molecule has 0 unspecified atom stereocenters. The van der Waals surface area contributed by atoms with Crippen LogP contribution < -0.4 is 0 Å². The molecule has 0 aromatic carbocycles. The third kappa shape index (κ3) is 50.7. The van der Waals surface area contributed by atoms with Gasteiger partial charge in [0.15, 0.2) is 0 Å². The molecule has 0 saturated heterocycles. The highest BCUT2D eigenvalue weighted by Gasteiger charge is -0.409. The fourth-order valence-electron chi connectivity index (χ4n) is 0. The summed E-state index contributed by atoms with van der Waals surface area (Å²) in [5.74, 6) is 0. The number of hydrogen-bond acceptors (Lipinski definition) is 0. The normalized spacial score (nSPS) is 10.5. The van der Waals surface area contributed by atoms with Gasteiger partial charge in [-0.2, -0.15) is 0 Å². The van der Waals surface area contributed by atoms with E-state index in [2.05, 4.69) is 5.48 Å². The third-order valence-corrected chi connectivity index (χ3v) is 0. The first-order valence-corrected chi connectivity index (χ1v) is 0. The lowest BCUT2D eigenvalue weighted by Crippen LogP contribution is -0.290. The highest BCUT2D eigenvalue weighted by atomic mass is 16.0. The Morgan fingerprint density at radius 1 is 1.75 bits per heavy atom. The van der Waals surface area contributed by atoms with E-state index in [4.69, 9.17) is 19.7 Å². The topological polar surface area (TPSA) is 126 Å². The molecule has 0 aromatic rings. The summed E-state index contributed by atoms with van der Waals surface area (Å²) >= 11 is 0. The molecule has 40 valence electrons. The molecule has 0 fully saturated rings. The van der Waals surface area contributed by atoms with E-state index in [-0.39, 0.29) is 9.76 Å². The first kappa shape index (κ1) is 1.32. The first-order chi connectivity index (χ1) is 4.41. The van der Waals surface area contributed by atoms with E-state index in [9.17, 15) is 0 Å². The summed E-state index contributed by atoms with van der Waals surface area (Å²) in [5.41, 5.74) is 15.2. The van der Waals surface area contributed by atoms with Gasteiger partial charge in [0.2, 0.25) is 5.72 Å². The Morgan fingerprint density at radius 2 is 1.75 bits per heavy atom. The van der Waals surface area contributed by atoms with Crippen LogP contribution in [0.4, 0.5) is 0 Å². The Balaban J connectivity index is -0.00000000394. The van der Waals surface area contributed by atoms with E-state index in [1.54, 1.807) is 0 Å². The fourth-order valence-corrected chi connectivity index (χ4v) is 0. The zero-order valence-corrected chi connectivity index (χ0v) is 1.80. The monoisotopic (exact) mass is 88.2 g/mol. The van der Waals surface area contributed by atoms with Crippen LogP contribution in [0.25, 0.3) is 0 Å². The molecule has 0 aliphatic rings. The second-order valence-electron chi connectivity index (χ2n) is 0. The summed E-state index contributed by atoms with van der Waals surface area (Å²) in [6.07, 6.45) is 0. The summed E-state index contributed by atoms with van der Waals surface area (Å²) < 4.78 is 30.2. The minimum absolute atomic E-state index is 0. The minimum atomic E-state index is 0. The van der Waals surface area contributed by atoms with Gasteiger partial charge in [-0.1, -0.05) is 0 Å². The van der Waals surface area contributed by atoms with Gasteiger partial charge in [0, 0.05) is 7.25 Å². The van der Waals surface area contributed by atoms with Gasteiger partial charge in [-0.05, 0) is 0 Å².